The summed E-state index contributed by atoms with van der Waals surface area (Å²) in [5, 5.41) is 11.0. The molecule has 0 aromatic heterocycles. The number of carbonyl (C=O) groups is 1. The van der Waals surface area contributed by atoms with Gasteiger partial charge in [-0.05, 0) is 41.5 Å². The van der Waals surface area contributed by atoms with Gasteiger partial charge in [0.1, 0.15) is 19.8 Å². The molecule has 0 unspecified atom stereocenters. The van der Waals surface area contributed by atoms with Gasteiger partial charge in [0.25, 0.3) is 5.69 Å². The van der Waals surface area contributed by atoms with Gasteiger partial charge >= 0.3 is 5.97 Å². The van der Waals surface area contributed by atoms with Gasteiger partial charge in [0.15, 0.2) is 11.5 Å². The van der Waals surface area contributed by atoms with Crippen molar-refractivity contribution < 1.29 is 23.9 Å². The fourth-order valence-electron chi connectivity index (χ4n) is 2.32. The highest BCUT2D eigenvalue weighted by molar-refractivity contribution is 6.32. The number of nitrogens with zero attached hydrogens (tertiary/aromatic N) is 1. The number of halogens is 1. The van der Waals surface area contributed by atoms with Crippen LogP contribution in [-0.4, -0.2) is 24.1 Å². The van der Waals surface area contributed by atoms with Crippen LogP contribution in [0, 0.1) is 10.1 Å². The molecule has 2 aromatic rings. The molecule has 7 nitrogen and oxygen atoms in total. The Morgan fingerprint density at radius 2 is 1.96 bits per heavy atom. The number of fused-ring (bicyclic) bond motifs is 1. The number of hydrogen-bond donors (Lipinski definition) is 0. The molecule has 0 aliphatic carbocycles. The molecule has 2 aromatic carbocycles. The highest BCUT2D eigenvalue weighted by atomic mass is 35.5. The lowest BCUT2D eigenvalue weighted by Crippen LogP contribution is -2.16. The molecule has 0 radical (unpaired) electrons. The van der Waals surface area contributed by atoms with E-state index in [4.69, 9.17) is 25.8 Å². The van der Waals surface area contributed by atoms with E-state index in [0.29, 0.717) is 40.9 Å². The second-order valence-corrected chi connectivity index (χ2v) is 5.80. The van der Waals surface area contributed by atoms with Crippen LogP contribution in [0.15, 0.2) is 42.5 Å². The minimum Gasteiger partial charge on any atom is -0.486 e. The first kappa shape index (κ1) is 17.8. The molecule has 1 aliphatic heterocycles. The van der Waals surface area contributed by atoms with Crippen LogP contribution in [0.2, 0.25) is 5.02 Å². The number of carbonyl (C=O) groups excluding carboxylic acids is 1. The standard InChI is InChI=1S/C18H14ClNO6/c19-15-9-13(10-16-18(15)25-8-7-24-16)11-26-17(21)6-3-12-1-4-14(5-2-12)20(22)23/h1-6,9-10H,7-8,11H2/b6-3+. The van der Waals surface area contributed by atoms with Gasteiger partial charge in [-0.3, -0.25) is 10.1 Å². The fraction of sp³-hybridized carbons (Fsp3) is 0.167. The van der Waals surface area contributed by atoms with Gasteiger partial charge < -0.3 is 14.2 Å². The number of benzene rings is 2. The van der Waals surface area contributed by atoms with Crippen molar-refractivity contribution in [2.24, 2.45) is 0 Å². The smallest absolute Gasteiger partial charge is 0.331 e. The first-order valence-corrected chi connectivity index (χ1v) is 8.08. The number of ether oxygens (including phenoxy) is 3. The summed E-state index contributed by atoms with van der Waals surface area (Å²) in [5.41, 5.74) is 1.31. The average molecular weight is 376 g/mol. The molecule has 3 rings (SSSR count). The maximum atomic E-state index is 11.8. The van der Waals surface area contributed by atoms with E-state index in [-0.39, 0.29) is 12.3 Å². The van der Waals surface area contributed by atoms with Gasteiger partial charge in [-0.15, -0.1) is 0 Å². The zero-order chi connectivity index (χ0) is 18.5. The van der Waals surface area contributed by atoms with Gasteiger partial charge in [-0.1, -0.05) is 11.6 Å². The summed E-state index contributed by atoms with van der Waals surface area (Å²) in [7, 11) is 0. The van der Waals surface area contributed by atoms with Crippen molar-refractivity contribution in [3.8, 4) is 11.5 Å². The van der Waals surface area contributed by atoms with Gasteiger partial charge in [0, 0.05) is 18.2 Å². The summed E-state index contributed by atoms with van der Waals surface area (Å²) in [4.78, 5) is 21.9. The van der Waals surface area contributed by atoms with E-state index in [1.165, 1.54) is 24.3 Å². The van der Waals surface area contributed by atoms with Crippen molar-refractivity contribution in [1.82, 2.24) is 0 Å². The summed E-state index contributed by atoms with van der Waals surface area (Å²) in [6.45, 7) is 0.902. The molecule has 1 aliphatic rings. The topological polar surface area (TPSA) is 87.9 Å². The molecular weight excluding hydrogens is 362 g/mol. The average Bonchev–Trinajstić information content (AvgIpc) is 2.65. The summed E-state index contributed by atoms with van der Waals surface area (Å²) >= 11 is 6.13. The van der Waals surface area contributed by atoms with Crippen LogP contribution in [0.25, 0.3) is 6.08 Å². The second-order valence-electron chi connectivity index (χ2n) is 5.39. The van der Waals surface area contributed by atoms with Gasteiger partial charge in [-0.2, -0.15) is 0 Å². The molecular formula is C18H14ClNO6. The van der Waals surface area contributed by atoms with Crippen LogP contribution in [0.5, 0.6) is 11.5 Å². The van der Waals surface area contributed by atoms with Gasteiger partial charge in [0.2, 0.25) is 0 Å². The molecule has 0 bridgehead atoms. The van der Waals surface area contributed by atoms with E-state index in [1.54, 1.807) is 24.3 Å². The largest absolute Gasteiger partial charge is 0.486 e. The predicted octanol–water partition coefficient (Wildman–Crippen LogP) is 3.78. The normalized spacial score (nSPS) is 12.8. The molecule has 8 heteroatoms. The third-order valence-electron chi connectivity index (χ3n) is 3.55. The van der Waals surface area contributed by atoms with Crippen LogP contribution in [0.3, 0.4) is 0 Å². The number of esters is 1. The third kappa shape index (κ3) is 4.31. The Kier molecular flexibility index (Phi) is 5.38. The predicted molar refractivity (Wildman–Crippen MR) is 94.4 cm³/mol. The van der Waals surface area contributed by atoms with Crippen molar-refractivity contribution in [3.63, 3.8) is 0 Å². The molecule has 26 heavy (non-hydrogen) atoms. The van der Waals surface area contributed by atoms with E-state index in [9.17, 15) is 14.9 Å². The van der Waals surface area contributed by atoms with Gasteiger partial charge in [0.05, 0.1) is 9.95 Å². The van der Waals surface area contributed by atoms with Crippen molar-refractivity contribution in [3.05, 3.63) is 68.7 Å². The summed E-state index contributed by atoms with van der Waals surface area (Å²) in [6, 6.07) is 9.19. The van der Waals surface area contributed by atoms with Crippen LogP contribution >= 0.6 is 11.6 Å². The number of nitro benzene ring substituents is 1. The molecule has 0 amide bonds. The molecule has 1 heterocycles. The van der Waals surface area contributed by atoms with Crippen molar-refractivity contribution in [2.75, 3.05) is 13.2 Å². The Labute approximate surface area is 153 Å². The van der Waals surface area contributed by atoms with E-state index >= 15 is 0 Å². The van der Waals surface area contributed by atoms with Crippen molar-refractivity contribution in [1.29, 1.82) is 0 Å². The van der Waals surface area contributed by atoms with Crippen LogP contribution in [0.1, 0.15) is 11.1 Å². The van der Waals surface area contributed by atoms with Crippen LogP contribution in [0.4, 0.5) is 5.69 Å². The molecule has 134 valence electrons. The minimum absolute atomic E-state index is 0.0137. The zero-order valence-corrected chi connectivity index (χ0v) is 14.3. The summed E-state index contributed by atoms with van der Waals surface area (Å²) in [6.07, 6.45) is 2.77. The highest BCUT2D eigenvalue weighted by Gasteiger charge is 2.17. The van der Waals surface area contributed by atoms with Crippen LogP contribution < -0.4 is 9.47 Å². The number of rotatable bonds is 5. The lowest BCUT2D eigenvalue weighted by molar-refractivity contribution is -0.384. The number of non-ortho nitro benzene ring substituents is 1. The van der Waals surface area contributed by atoms with E-state index in [0.717, 1.165) is 0 Å². The molecule has 0 spiro atoms. The zero-order valence-electron chi connectivity index (χ0n) is 13.5. The lowest BCUT2D eigenvalue weighted by Gasteiger charge is -2.20. The van der Waals surface area contributed by atoms with E-state index in [2.05, 4.69) is 0 Å². The Bertz CT molecular complexity index is 863. The monoisotopic (exact) mass is 375 g/mol. The second kappa shape index (κ2) is 7.88. The maximum Gasteiger partial charge on any atom is 0.331 e. The van der Waals surface area contributed by atoms with E-state index < -0.39 is 10.9 Å². The Morgan fingerprint density at radius 3 is 2.69 bits per heavy atom. The highest BCUT2D eigenvalue weighted by Crippen LogP contribution is 2.38. The number of nitro groups is 1. The summed E-state index contributed by atoms with van der Waals surface area (Å²) in [5.74, 6) is 0.469. The summed E-state index contributed by atoms with van der Waals surface area (Å²) < 4.78 is 16.1. The molecule has 0 N–H and O–H groups in total. The molecule has 0 atom stereocenters. The number of hydrogen-bond acceptors (Lipinski definition) is 6. The van der Waals surface area contributed by atoms with Gasteiger partial charge in [-0.25, -0.2) is 4.79 Å². The molecule has 0 saturated heterocycles. The first-order valence-electron chi connectivity index (χ1n) is 7.70. The fourth-order valence-corrected chi connectivity index (χ4v) is 2.61. The third-order valence-corrected chi connectivity index (χ3v) is 3.83. The quantitative estimate of drug-likeness (QED) is 0.342. The lowest BCUT2D eigenvalue weighted by atomic mass is 10.2. The first-order chi connectivity index (χ1) is 12.5. The SMILES string of the molecule is O=C(/C=C/c1ccc([N+](=O)[O-])cc1)OCc1cc(Cl)c2c(c1)OCCO2. The van der Waals surface area contributed by atoms with Crippen molar-refractivity contribution >= 4 is 29.3 Å². The molecule has 0 fully saturated rings. The maximum absolute atomic E-state index is 11.8. The minimum atomic E-state index is -0.547. The Hall–Kier alpha value is -3.06. The van der Waals surface area contributed by atoms with Crippen molar-refractivity contribution in [2.45, 2.75) is 6.61 Å². The van der Waals surface area contributed by atoms with E-state index in [1.807, 2.05) is 0 Å². The Balaban J connectivity index is 1.58. The Morgan fingerprint density at radius 1 is 1.23 bits per heavy atom. The van der Waals surface area contributed by atoms with Crippen LogP contribution in [-0.2, 0) is 16.1 Å². The molecule has 0 saturated carbocycles.